The van der Waals surface area contributed by atoms with Gasteiger partial charge in [-0.2, -0.15) is 0 Å². The van der Waals surface area contributed by atoms with Crippen molar-refractivity contribution < 1.29 is 24.6 Å². The normalized spacial score (nSPS) is 10.5. The first-order valence-electron chi connectivity index (χ1n) is 7.02. The maximum Gasteiger partial charge on any atom is 0.331 e. The molecule has 0 amide bonds. The number of esters is 1. The first-order chi connectivity index (χ1) is 11.5. The van der Waals surface area contributed by atoms with Crippen molar-refractivity contribution in [3.05, 3.63) is 81.4 Å². The lowest BCUT2D eigenvalue weighted by Crippen LogP contribution is -2.03. The summed E-state index contributed by atoms with van der Waals surface area (Å²) in [7, 11) is 0. The average molecular weight is 329 g/mol. The molecule has 1 N–H and O–H groups in total. The number of hydrogen-bond acceptors (Lipinski definition) is 6. The van der Waals surface area contributed by atoms with Crippen LogP contribution in [0.3, 0.4) is 0 Å². The Hall–Kier alpha value is -3.35. The number of hydrogen-bond donors (Lipinski definition) is 1. The van der Waals surface area contributed by atoms with Gasteiger partial charge in [-0.25, -0.2) is 4.79 Å². The Bertz CT molecular complexity index is 739. The van der Waals surface area contributed by atoms with Gasteiger partial charge in [-0.1, -0.05) is 36.4 Å². The molecule has 24 heavy (non-hydrogen) atoms. The first-order valence-corrected chi connectivity index (χ1v) is 7.02. The van der Waals surface area contributed by atoms with E-state index < -0.39 is 11.1 Å². The molecule has 0 aliphatic carbocycles. The van der Waals surface area contributed by atoms with Crippen LogP contribution in [-0.4, -0.2) is 16.2 Å². The van der Waals surface area contributed by atoms with Crippen molar-refractivity contribution >= 4 is 12.0 Å². The topological polar surface area (TPSA) is 98.9 Å². The lowest BCUT2D eigenvalue weighted by atomic mass is 10.1. The summed E-state index contributed by atoms with van der Waals surface area (Å²) < 4.78 is 5.10. The second-order valence-electron chi connectivity index (χ2n) is 4.85. The van der Waals surface area contributed by atoms with Gasteiger partial charge in [-0.15, -0.1) is 10.1 Å². The third-order valence-corrected chi connectivity index (χ3v) is 3.01. The molecule has 0 fully saturated rings. The van der Waals surface area contributed by atoms with Crippen LogP contribution in [0.2, 0.25) is 0 Å². The molecule has 2 aromatic rings. The summed E-state index contributed by atoms with van der Waals surface area (Å²) in [4.78, 5) is 26.1. The SMILES string of the molecule is O=C(C=Cc1ccc(O)cc1)OCc1cccc(CO[N+](=O)[O-])c1. The third-order valence-electron chi connectivity index (χ3n) is 3.01. The fraction of sp³-hybridized carbons (Fsp3) is 0.118. The fourth-order valence-corrected chi connectivity index (χ4v) is 1.89. The maximum atomic E-state index is 11.7. The number of nitrogens with zero attached hydrogens (tertiary/aromatic N) is 1. The van der Waals surface area contributed by atoms with Crippen molar-refractivity contribution in [2.75, 3.05) is 0 Å². The molecular formula is C17H15NO6. The number of phenols is 1. The van der Waals surface area contributed by atoms with E-state index in [2.05, 4.69) is 4.84 Å². The van der Waals surface area contributed by atoms with Crippen LogP contribution in [0, 0.1) is 10.1 Å². The molecule has 0 aromatic heterocycles. The summed E-state index contributed by atoms with van der Waals surface area (Å²) in [5.41, 5.74) is 2.06. The lowest BCUT2D eigenvalue weighted by Gasteiger charge is -2.05. The zero-order valence-corrected chi connectivity index (χ0v) is 12.6. The van der Waals surface area contributed by atoms with Crippen LogP contribution in [0.15, 0.2) is 54.6 Å². The molecule has 0 saturated carbocycles. The number of benzene rings is 2. The molecule has 0 bridgehead atoms. The molecule has 7 heteroatoms. The van der Waals surface area contributed by atoms with E-state index in [1.807, 2.05) is 0 Å². The zero-order chi connectivity index (χ0) is 17.4. The van der Waals surface area contributed by atoms with E-state index >= 15 is 0 Å². The van der Waals surface area contributed by atoms with Crippen molar-refractivity contribution in [1.82, 2.24) is 0 Å². The minimum absolute atomic E-state index is 0.0467. The van der Waals surface area contributed by atoms with Crippen LogP contribution < -0.4 is 0 Å². The minimum atomic E-state index is -0.860. The fourth-order valence-electron chi connectivity index (χ4n) is 1.89. The largest absolute Gasteiger partial charge is 0.508 e. The van der Waals surface area contributed by atoms with E-state index in [4.69, 9.17) is 4.74 Å². The Labute approximate surface area is 137 Å². The van der Waals surface area contributed by atoms with E-state index in [1.54, 1.807) is 42.5 Å². The quantitative estimate of drug-likeness (QED) is 0.363. The molecule has 124 valence electrons. The van der Waals surface area contributed by atoms with E-state index in [0.29, 0.717) is 11.1 Å². The van der Waals surface area contributed by atoms with Crippen LogP contribution in [0.4, 0.5) is 0 Å². The van der Waals surface area contributed by atoms with Crippen molar-refractivity contribution in [2.24, 2.45) is 0 Å². The first kappa shape index (κ1) is 17.0. The van der Waals surface area contributed by atoms with E-state index in [1.165, 1.54) is 18.2 Å². The summed E-state index contributed by atoms with van der Waals surface area (Å²) in [5, 5.41) is 18.5. The molecule has 0 aliphatic rings. The van der Waals surface area contributed by atoms with Crippen LogP contribution in [-0.2, 0) is 27.6 Å². The van der Waals surface area contributed by atoms with Crippen LogP contribution in [0.1, 0.15) is 16.7 Å². The van der Waals surface area contributed by atoms with Crippen molar-refractivity contribution in [2.45, 2.75) is 13.2 Å². The van der Waals surface area contributed by atoms with E-state index in [9.17, 15) is 20.0 Å². The monoisotopic (exact) mass is 329 g/mol. The van der Waals surface area contributed by atoms with Gasteiger partial charge in [0.25, 0.3) is 5.09 Å². The minimum Gasteiger partial charge on any atom is -0.508 e. The Balaban J connectivity index is 1.86. The molecule has 0 saturated heterocycles. The third kappa shape index (κ3) is 5.80. The predicted octanol–water partition coefficient (Wildman–Crippen LogP) is 2.86. The molecule has 0 aliphatic heterocycles. The molecule has 2 aromatic carbocycles. The molecule has 0 radical (unpaired) electrons. The number of carbonyl (C=O) groups excluding carboxylic acids is 1. The summed E-state index contributed by atoms with van der Waals surface area (Å²) in [6, 6.07) is 13.2. The van der Waals surface area contributed by atoms with Gasteiger partial charge in [0, 0.05) is 6.08 Å². The maximum absolute atomic E-state index is 11.7. The Kier molecular flexibility index (Phi) is 5.90. The van der Waals surface area contributed by atoms with Gasteiger partial charge in [0.05, 0.1) is 0 Å². The van der Waals surface area contributed by atoms with Gasteiger partial charge in [0.1, 0.15) is 19.0 Å². The Morgan fingerprint density at radius 2 is 1.79 bits per heavy atom. The van der Waals surface area contributed by atoms with Crippen molar-refractivity contribution in [3.63, 3.8) is 0 Å². The Morgan fingerprint density at radius 3 is 2.46 bits per heavy atom. The highest BCUT2D eigenvalue weighted by molar-refractivity contribution is 5.87. The lowest BCUT2D eigenvalue weighted by molar-refractivity contribution is -0.763. The number of ether oxygens (including phenoxy) is 1. The highest BCUT2D eigenvalue weighted by Crippen LogP contribution is 2.11. The number of phenolic OH excluding ortho intramolecular Hbond substituents is 1. The average Bonchev–Trinajstić information content (AvgIpc) is 2.58. The molecule has 7 nitrogen and oxygen atoms in total. The Morgan fingerprint density at radius 1 is 1.12 bits per heavy atom. The van der Waals surface area contributed by atoms with E-state index in [-0.39, 0.29) is 19.0 Å². The van der Waals surface area contributed by atoms with Gasteiger partial charge in [-0.05, 0) is 34.9 Å². The van der Waals surface area contributed by atoms with Crippen molar-refractivity contribution in [3.8, 4) is 5.75 Å². The zero-order valence-electron chi connectivity index (χ0n) is 12.6. The molecule has 0 heterocycles. The van der Waals surface area contributed by atoms with Crippen LogP contribution in [0.5, 0.6) is 5.75 Å². The number of aromatic hydroxyl groups is 1. The van der Waals surface area contributed by atoms with Gasteiger partial charge >= 0.3 is 5.97 Å². The molecule has 0 unspecified atom stereocenters. The number of carbonyl (C=O) groups is 1. The summed E-state index contributed by atoms with van der Waals surface area (Å²) in [6.07, 6.45) is 2.86. The van der Waals surface area contributed by atoms with Crippen molar-refractivity contribution in [1.29, 1.82) is 0 Å². The van der Waals surface area contributed by atoms with Crippen LogP contribution in [0.25, 0.3) is 6.08 Å². The van der Waals surface area contributed by atoms with Gasteiger partial charge in [-0.3, -0.25) is 0 Å². The summed E-state index contributed by atoms with van der Waals surface area (Å²) in [5.74, 6) is -0.370. The second kappa shape index (κ2) is 8.33. The molecule has 2 rings (SSSR count). The second-order valence-corrected chi connectivity index (χ2v) is 4.85. The number of rotatable bonds is 7. The summed E-state index contributed by atoms with van der Waals surface area (Å²) in [6.45, 7) is -0.111. The standard InChI is InChI=1S/C17H15NO6/c19-16-7-4-13(5-8-16)6-9-17(20)23-11-14-2-1-3-15(10-14)12-24-18(21)22/h1-10,19H,11-12H2. The highest BCUT2D eigenvalue weighted by Gasteiger charge is 2.02. The van der Waals surface area contributed by atoms with Crippen LogP contribution >= 0.6 is 0 Å². The highest BCUT2D eigenvalue weighted by atomic mass is 16.9. The molecule has 0 spiro atoms. The molecule has 0 atom stereocenters. The van der Waals surface area contributed by atoms with Gasteiger partial charge in [0.2, 0.25) is 0 Å². The van der Waals surface area contributed by atoms with Gasteiger partial charge < -0.3 is 14.7 Å². The summed E-state index contributed by atoms with van der Waals surface area (Å²) >= 11 is 0. The van der Waals surface area contributed by atoms with E-state index in [0.717, 1.165) is 5.56 Å². The smallest absolute Gasteiger partial charge is 0.331 e. The molecular weight excluding hydrogens is 314 g/mol. The predicted molar refractivity (Wildman–Crippen MR) is 85.2 cm³/mol. The van der Waals surface area contributed by atoms with Gasteiger partial charge in [0.15, 0.2) is 0 Å².